The minimum absolute atomic E-state index is 0.149. The smallest absolute Gasteiger partial charge is 0.270 e. The molecule has 118 valence electrons. The number of nitrogens with zero attached hydrogens (tertiary/aromatic N) is 2. The highest BCUT2D eigenvalue weighted by molar-refractivity contribution is 5.92. The number of aromatic nitrogens is 2. The zero-order valence-electron chi connectivity index (χ0n) is 13.2. The first-order chi connectivity index (χ1) is 10.7. The molecule has 0 radical (unpaired) electrons. The van der Waals surface area contributed by atoms with E-state index in [0.717, 1.165) is 12.8 Å². The second-order valence-corrected chi connectivity index (χ2v) is 5.47. The number of hydrogen-bond acceptors (Lipinski definition) is 4. The van der Waals surface area contributed by atoms with E-state index in [9.17, 15) is 4.79 Å². The first-order valence-electron chi connectivity index (χ1n) is 7.85. The lowest BCUT2D eigenvalue weighted by molar-refractivity contribution is 0.0948. The van der Waals surface area contributed by atoms with Crippen LogP contribution in [0.3, 0.4) is 0 Å². The number of anilines is 1. The van der Waals surface area contributed by atoms with E-state index in [1.807, 2.05) is 0 Å². The Kier molecular flexibility index (Phi) is 6.13. The summed E-state index contributed by atoms with van der Waals surface area (Å²) in [6.45, 7) is 6.69. The summed E-state index contributed by atoms with van der Waals surface area (Å²) in [7, 11) is 0. The molecule has 1 aromatic heterocycles. The van der Waals surface area contributed by atoms with E-state index < -0.39 is 0 Å². The number of rotatable bonds is 7. The summed E-state index contributed by atoms with van der Waals surface area (Å²) in [4.78, 5) is 20.6. The Hall–Kier alpha value is -2.17. The van der Waals surface area contributed by atoms with Crippen molar-refractivity contribution in [1.29, 1.82) is 0 Å². The molecule has 5 nitrogen and oxygen atoms in total. The van der Waals surface area contributed by atoms with Gasteiger partial charge in [-0.2, -0.15) is 0 Å². The summed E-state index contributed by atoms with van der Waals surface area (Å²) in [6.07, 6.45) is 9.87. The monoisotopic (exact) mass is 300 g/mol. The van der Waals surface area contributed by atoms with E-state index in [2.05, 4.69) is 33.3 Å². The van der Waals surface area contributed by atoms with Crippen LogP contribution in [0.25, 0.3) is 0 Å². The molecule has 2 rings (SSSR count). The molecule has 5 heteroatoms. The summed E-state index contributed by atoms with van der Waals surface area (Å²) >= 11 is 0. The Bertz CT molecular complexity index is 566. The molecule has 1 amide bonds. The molecule has 0 aliphatic heterocycles. The molecular formula is C17H24N4O. The molecule has 1 aliphatic carbocycles. The van der Waals surface area contributed by atoms with E-state index in [1.165, 1.54) is 24.8 Å². The fourth-order valence-electron chi connectivity index (χ4n) is 2.51. The first-order valence-corrected chi connectivity index (χ1v) is 7.85. The number of hydrogen-bond donors (Lipinski definition) is 2. The maximum Gasteiger partial charge on any atom is 0.270 e. The van der Waals surface area contributed by atoms with Crippen molar-refractivity contribution < 1.29 is 4.79 Å². The maximum atomic E-state index is 12.2. The molecule has 0 fully saturated rings. The fourth-order valence-corrected chi connectivity index (χ4v) is 2.51. The third-order valence-electron chi connectivity index (χ3n) is 3.61. The van der Waals surface area contributed by atoms with Crippen molar-refractivity contribution in [2.45, 2.75) is 39.0 Å². The van der Waals surface area contributed by atoms with Crippen LogP contribution in [0, 0.1) is 6.92 Å². The Labute approximate surface area is 131 Å². The van der Waals surface area contributed by atoms with Crippen molar-refractivity contribution in [2.75, 3.05) is 18.4 Å². The van der Waals surface area contributed by atoms with Crippen molar-refractivity contribution >= 4 is 11.7 Å². The van der Waals surface area contributed by atoms with E-state index in [4.69, 9.17) is 0 Å². The van der Waals surface area contributed by atoms with Crippen LogP contribution in [0.1, 0.15) is 48.4 Å². The predicted octanol–water partition coefficient (Wildman–Crippen LogP) is 3.00. The number of carbonyl (C=O) groups excluding carboxylic acids is 1. The summed E-state index contributed by atoms with van der Waals surface area (Å²) < 4.78 is 0. The largest absolute Gasteiger partial charge is 0.366 e. The third-order valence-corrected chi connectivity index (χ3v) is 3.61. The van der Waals surface area contributed by atoms with E-state index >= 15 is 0 Å². The van der Waals surface area contributed by atoms with Crippen LogP contribution in [0.5, 0.6) is 0 Å². The van der Waals surface area contributed by atoms with Crippen molar-refractivity contribution in [2.24, 2.45) is 0 Å². The Morgan fingerprint density at radius 3 is 3.00 bits per heavy atom. The standard InChI is InChI=1S/C17H24N4O/c1-3-10-18-16-12-15(20-13(2)21-16)17(22)19-11-9-14-7-5-4-6-8-14/h3,7,12H,1,4-6,8-11H2,2H3,(H,19,22)(H,18,20,21). The Morgan fingerprint density at radius 2 is 2.27 bits per heavy atom. The highest BCUT2D eigenvalue weighted by Gasteiger charge is 2.10. The SMILES string of the molecule is C=CCNc1cc(C(=O)NCCC2=CCCCC2)nc(C)n1. The van der Waals surface area contributed by atoms with E-state index in [1.54, 1.807) is 19.1 Å². The molecule has 1 aromatic rings. The van der Waals surface area contributed by atoms with Crippen LogP contribution >= 0.6 is 0 Å². The zero-order chi connectivity index (χ0) is 15.8. The van der Waals surface area contributed by atoms with Gasteiger partial charge in [0.1, 0.15) is 17.3 Å². The van der Waals surface area contributed by atoms with Gasteiger partial charge in [0.25, 0.3) is 5.91 Å². The minimum Gasteiger partial charge on any atom is -0.366 e. The van der Waals surface area contributed by atoms with Gasteiger partial charge >= 0.3 is 0 Å². The molecule has 0 aromatic carbocycles. The summed E-state index contributed by atoms with van der Waals surface area (Å²) in [5.74, 6) is 1.07. The highest BCUT2D eigenvalue weighted by Crippen LogP contribution is 2.19. The van der Waals surface area contributed by atoms with Crippen LogP contribution in [0.4, 0.5) is 5.82 Å². The zero-order valence-corrected chi connectivity index (χ0v) is 13.2. The first kappa shape index (κ1) is 16.2. The number of allylic oxidation sites excluding steroid dienone is 1. The molecule has 2 N–H and O–H groups in total. The van der Waals surface area contributed by atoms with Crippen LogP contribution < -0.4 is 10.6 Å². The fraction of sp³-hybridized carbons (Fsp3) is 0.471. The molecule has 0 spiro atoms. The Morgan fingerprint density at radius 1 is 1.41 bits per heavy atom. The third kappa shape index (κ3) is 4.98. The van der Waals surface area contributed by atoms with Gasteiger partial charge in [-0.1, -0.05) is 17.7 Å². The van der Waals surface area contributed by atoms with Crippen molar-refractivity contribution in [3.05, 3.63) is 41.9 Å². The molecule has 0 saturated heterocycles. The molecule has 1 aliphatic rings. The number of nitrogens with one attached hydrogen (secondary N) is 2. The average Bonchev–Trinajstić information content (AvgIpc) is 2.53. The highest BCUT2D eigenvalue weighted by atomic mass is 16.1. The van der Waals surface area contributed by atoms with Crippen LogP contribution in [-0.2, 0) is 0 Å². The van der Waals surface area contributed by atoms with Gasteiger partial charge in [-0.25, -0.2) is 9.97 Å². The lowest BCUT2D eigenvalue weighted by Crippen LogP contribution is -2.26. The predicted molar refractivity (Wildman–Crippen MR) is 89.0 cm³/mol. The number of aryl methyl sites for hydroxylation is 1. The van der Waals surface area contributed by atoms with Gasteiger partial charge in [0.15, 0.2) is 0 Å². The molecular weight excluding hydrogens is 276 g/mol. The van der Waals surface area contributed by atoms with Gasteiger partial charge in [-0.05, 0) is 39.0 Å². The van der Waals surface area contributed by atoms with Crippen molar-refractivity contribution in [3.63, 3.8) is 0 Å². The minimum atomic E-state index is -0.149. The Balaban J connectivity index is 1.89. The normalized spacial score (nSPS) is 14.1. The van der Waals surface area contributed by atoms with E-state index in [-0.39, 0.29) is 5.91 Å². The van der Waals surface area contributed by atoms with E-state index in [0.29, 0.717) is 30.4 Å². The van der Waals surface area contributed by atoms with Crippen LogP contribution in [0.15, 0.2) is 30.4 Å². The van der Waals surface area contributed by atoms with Gasteiger partial charge in [0.2, 0.25) is 0 Å². The molecule has 0 saturated carbocycles. The summed E-state index contributed by atoms with van der Waals surface area (Å²) in [6, 6.07) is 1.67. The molecule has 22 heavy (non-hydrogen) atoms. The lowest BCUT2D eigenvalue weighted by atomic mass is 9.97. The van der Waals surface area contributed by atoms with Gasteiger partial charge in [0.05, 0.1) is 0 Å². The molecule has 0 bridgehead atoms. The van der Waals surface area contributed by atoms with Crippen molar-refractivity contribution in [3.8, 4) is 0 Å². The van der Waals surface area contributed by atoms with Gasteiger partial charge in [0, 0.05) is 19.2 Å². The van der Waals surface area contributed by atoms with Gasteiger partial charge < -0.3 is 10.6 Å². The lowest BCUT2D eigenvalue weighted by Gasteiger charge is -2.13. The van der Waals surface area contributed by atoms with Gasteiger partial charge in [-0.3, -0.25) is 4.79 Å². The maximum absolute atomic E-state index is 12.2. The quantitative estimate of drug-likeness (QED) is 0.760. The molecule has 1 heterocycles. The van der Waals surface area contributed by atoms with Crippen molar-refractivity contribution in [1.82, 2.24) is 15.3 Å². The molecule has 0 atom stereocenters. The topological polar surface area (TPSA) is 66.9 Å². The molecule has 0 unspecified atom stereocenters. The second kappa shape index (κ2) is 8.32. The summed E-state index contributed by atoms with van der Waals surface area (Å²) in [5.41, 5.74) is 1.86. The number of amides is 1. The second-order valence-electron chi connectivity index (χ2n) is 5.47. The van der Waals surface area contributed by atoms with Gasteiger partial charge in [-0.15, -0.1) is 6.58 Å². The summed E-state index contributed by atoms with van der Waals surface area (Å²) in [5, 5.41) is 6.02. The number of carbonyl (C=O) groups is 1. The van der Waals surface area contributed by atoms with Crippen LogP contribution in [-0.4, -0.2) is 29.0 Å². The van der Waals surface area contributed by atoms with Crippen LogP contribution in [0.2, 0.25) is 0 Å². The average molecular weight is 300 g/mol.